The second kappa shape index (κ2) is 4.15. The standard InChI is InChI=1S/C10H7NO3S2/c12-6-2-1-5(3-7(6)13)4-8-9(14)11-10(15)16-8/h1-4,12-13H,(H,11,14,15)/b8-4-. The van der Waals surface area contributed by atoms with E-state index in [1.165, 1.54) is 23.9 Å². The fourth-order valence-electron chi connectivity index (χ4n) is 1.20. The van der Waals surface area contributed by atoms with Crippen LogP contribution in [0.3, 0.4) is 0 Å². The van der Waals surface area contributed by atoms with Crippen molar-refractivity contribution in [2.24, 2.45) is 0 Å². The summed E-state index contributed by atoms with van der Waals surface area (Å²) in [5.41, 5.74) is 0.623. The minimum atomic E-state index is -0.248. The van der Waals surface area contributed by atoms with E-state index in [0.717, 1.165) is 0 Å². The van der Waals surface area contributed by atoms with E-state index in [-0.39, 0.29) is 17.4 Å². The number of rotatable bonds is 1. The van der Waals surface area contributed by atoms with E-state index in [1.54, 1.807) is 12.1 Å². The Morgan fingerprint density at radius 1 is 1.31 bits per heavy atom. The van der Waals surface area contributed by atoms with Gasteiger partial charge in [-0.15, -0.1) is 0 Å². The summed E-state index contributed by atoms with van der Waals surface area (Å²) in [5.74, 6) is -0.663. The molecule has 0 radical (unpaired) electrons. The molecule has 16 heavy (non-hydrogen) atoms. The number of phenolic OH excluding ortho intramolecular Hbond substituents is 2. The molecule has 1 aromatic rings. The molecule has 0 aliphatic carbocycles. The van der Waals surface area contributed by atoms with Crippen molar-refractivity contribution in [2.75, 3.05) is 0 Å². The molecular formula is C10H7NO3S2. The Kier molecular flexibility index (Phi) is 2.84. The topological polar surface area (TPSA) is 69.6 Å². The van der Waals surface area contributed by atoms with Gasteiger partial charge in [-0.2, -0.15) is 0 Å². The van der Waals surface area contributed by atoms with Gasteiger partial charge in [0.1, 0.15) is 4.32 Å². The van der Waals surface area contributed by atoms with Crippen LogP contribution in [0.1, 0.15) is 5.56 Å². The van der Waals surface area contributed by atoms with Gasteiger partial charge in [-0.25, -0.2) is 0 Å². The van der Waals surface area contributed by atoms with E-state index >= 15 is 0 Å². The van der Waals surface area contributed by atoms with Crippen LogP contribution in [0.2, 0.25) is 0 Å². The molecule has 1 fully saturated rings. The number of carbonyl (C=O) groups is 1. The molecule has 2 rings (SSSR count). The van der Waals surface area contributed by atoms with Crippen LogP contribution in [0, 0.1) is 0 Å². The van der Waals surface area contributed by atoms with Crippen LogP contribution >= 0.6 is 24.0 Å². The number of amides is 1. The van der Waals surface area contributed by atoms with Crippen molar-refractivity contribution in [3.8, 4) is 11.5 Å². The number of carbonyl (C=O) groups excluding carboxylic acids is 1. The van der Waals surface area contributed by atoms with Crippen molar-refractivity contribution in [1.82, 2.24) is 5.32 Å². The zero-order valence-corrected chi connectivity index (χ0v) is 9.56. The number of benzene rings is 1. The number of hydrogen-bond acceptors (Lipinski definition) is 5. The summed E-state index contributed by atoms with van der Waals surface area (Å²) in [6.07, 6.45) is 1.60. The highest BCUT2D eigenvalue weighted by atomic mass is 32.2. The van der Waals surface area contributed by atoms with Gasteiger partial charge in [0, 0.05) is 0 Å². The first-order valence-corrected chi connectivity index (χ1v) is 5.55. The lowest BCUT2D eigenvalue weighted by Crippen LogP contribution is -2.17. The zero-order valence-electron chi connectivity index (χ0n) is 7.93. The molecular weight excluding hydrogens is 246 g/mol. The van der Waals surface area contributed by atoms with Crippen LogP contribution in [-0.2, 0) is 4.79 Å². The zero-order chi connectivity index (χ0) is 11.7. The maximum Gasteiger partial charge on any atom is 0.263 e. The number of aromatic hydroxyl groups is 2. The molecule has 1 aliphatic heterocycles. The van der Waals surface area contributed by atoms with E-state index in [1.807, 2.05) is 0 Å². The molecule has 0 bridgehead atoms. The van der Waals surface area contributed by atoms with Crippen LogP contribution < -0.4 is 5.32 Å². The average Bonchev–Trinajstić information content (AvgIpc) is 2.51. The Balaban J connectivity index is 2.32. The van der Waals surface area contributed by atoms with Gasteiger partial charge in [0.25, 0.3) is 5.91 Å². The van der Waals surface area contributed by atoms with Crippen molar-refractivity contribution >= 4 is 40.3 Å². The Bertz CT molecular complexity index is 511. The second-order valence-electron chi connectivity index (χ2n) is 3.10. The van der Waals surface area contributed by atoms with E-state index in [0.29, 0.717) is 14.8 Å². The lowest BCUT2D eigenvalue weighted by atomic mass is 10.2. The van der Waals surface area contributed by atoms with Crippen molar-refractivity contribution < 1.29 is 15.0 Å². The third-order valence-electron chi connectivity index (χ3n) is 1.94. The largest absolute Gasteiger partial charge is 0.504 e. The third kappa shape index (κ3) is 2.17. The van der Waals surface area contributed by atoms with Gasteiger partial charge >= 0.3 is 0 Å². The summed E-state index contributed by atoms with van der Waals surface area (Å²) in [6, 6.07) is 4.33. The van der Waals surface area contributed by atoms with E-state index < -0.39 is 0 Å². The molecule has 4 nitrogen and oxygen atoms in total. The third-order valence-corrected chi connectivity index (χ3v) is 3.10. The molecule has 0 atom stereocenters. The molecule has 0 spiro atoms. The van der Waals surface area contributed by atoms with Gasteiger partial charge in [0.2, 0.25) is 0 Å². The van der Waals surface area contributed by atoms with Crippen LogP contribution in [-0.4, -0.2) is 20.4 Å². The monoisotopic (exact) mass is 253 g/mol. The normalized spacial score (nSPS) is 17.9. The van der Waals surface area contributed by atoms with Crippen molar-refractivity contribution in [2.45, 2.75) is 0 Å². The first-order chi connectivity index (χ1) is 7.56. The molecule has 1 aromatic carbocycles. The molecule has 1 saturated heterocycles. The first kappa shape index (κ1) is 11.0. The highest BCUT2D eigenvalue weighted by Crippen LogP contribution is 2.29. The van der Waals surface area contributed by atoms with E-state index in [4.69, 9.17) is 17.3 Å². The second-order valence-corrected chi connectivity index (χ2v) is 4.82. The van der Waals surface area contributed by atoms with Crippen LogP contribution in [0.4, 0.5) is 0 Å². The summed E-state index contributed by atoms with van der Waals surface area (Å²) in [7, 11) is 0. The molecule has 1 amide bonds. The summed E-state index contributed by atoms with van der Waals surface area (Å²) in [4.78, 5) is 11.8. The van der Waals surface area contributed by atoms with Gasteiger partial charge in [-0.3, -0.25) is 4.79 Å². The quantitative estimate of drug-likeness (QED) is 0.403. The Labute approximate surface area is 101 Å². The van der Waals surface area contributed by atoms with Gasteiger partial charge < -0.3 is 15.5 Å². The van der Waals surface area contributed by atoms with Crippen molar-refractivity contribution in [1.29, 1.82) is 0 Å². The number of thiocarbonyl (C=S) groups is 1. The summed E-state index contributed by atoms with van der Waals surface area (Å²) >= 11 is 6.00. The lowest BCUT2D eigenvalue weighted by Gasteiger charge is -1.99. The number of thioether (sulfide) groups is 1. The number of nitrogens with one attached hydrogen (secondary N) is 1. The van der Waals surface area contributed by atoms with Crippen molar-refractivity contribution in [3.05, 3.63) is 28.7 Å². The summed E-state index contributed by atoms with van der Waals surface area (Å²) < 4.78 is 0.416. The van der Waals surface area contributed by atoms with Crippen LogP contribution in [0.15, 0.2) is 23.1 Å². The predicted octanol–water partition coefficient (Wildman–Crippen LogP) is 1.59. The van der Waals surface area contributed by atoms with Gasteiger partial charge in [-0.05, 0) is 23.8 Å². The average molecular weight is 253 g/mol. The molecule has 82 valence electrons. The first-order valence-electron chi connectivity index (χ1n) is 4.33. The molecule has 0 unspecified atom stereocenters. The molecule has 0 aromatic heterocycles. The SMILES string of the molecule is O=C1NC(=S)S/C1=C\c1ccc(O)c(O)c1. The molecule has 1 aliphatic rings. The molecule has 3 N–H and O–H groups in total. The Morgan fingerprint density at radius 2 is 2.06 bits per heavy atom. The Hall–Kier alpha value is -1.53. The molecule has 1 heterocycles. The Morgan fingerprint density at radius 3 is 2.62 bits per heavy atom. The van der Waals surface area contributed by atoms with Crippen molar-refractivity contribution in [3.63, 3.8) is 0 Å². The van der Waals surface area contributed by atoms with Crippen LogP contribution in [0.5, 0.6) is 11.5 Å². The highest BCUT2D eigenvalue weighted by molar-refractivity contribution is 8.26. The fraction of sp³-hybridized carbons (Fsp3) is 0. The number of phenols is 2. The van der Waals surface area contributed by atoms with Gasteiger partial charge in [-0.1, -0.05) is 30.0 Å². The summed E-state index contributed by atoms with van der Waals surface area (Å²) in [6.45, 7) is 0. The van der Waals surface area contributed by atoms with Gasteiger partial charge in [0.15, 0.2) is 11.5 Å². The fourth-order valence-corrected chi connectivity index (χ4v) is 2.25. The molecule has 6 heteroatoms. The highest BCUT2D eigenvalue weighted by Gasteiger charge is 2.21. The predicted molar refractivity (Wildman–Crippen MR) is 66.1 cm³/mol. The van der Waals surface area contributed by atoms with E-state index in [9.17, 15) is 9.90 Å². The smallest absolute Gasteiger partial charge is 0.263 e. The minimum Gasteiger partial charge on any atom is -0.504 e. The number of hydrogen-bond donors (Lipinski definition) is 3. The lowest BCUT2D eigenvalue weighted by molar-refractivity contribution is -0.115. The van der Waals surface area contributed by atoms with Crippen LogP contribution in [0.25, 0.3) is 6.08 Å². The van der Waals surface area contributed by atoms with E-state index in [2.05, 4.69) is 5.32 Å². The minimum absolute atomic E-state index is 0.193. The maximum atomic E-state index is 11.3. The molecule has 0 saturated carbocycles. The van der Waals surface area contributed by atoms with Gasteiger partial charge in [0.05, 0.1) is 4.91 Å². The summed E-state index contributed by atoms with van der Waals surface area (Å²) in [5, 5.41) is 20.9. The maximum absolute atomic E-state index is 11.3.